The second-order valence-corrected chi connectivity index (χ2v) is 5.91. The molecule has 2 heteroatoms. The Kier molecular flexibility index (Phi) is 7.98. The molecule has 1 radical (unpaired) electrons. The first-order valence-corrected chi connectivity index (χ1v) is 6.96. The summed E-state index contributed by atoms with van der Waals surface area (Å²) in [6, 6.07) is 0. The van der Waals surface area contributed by atoms with Crippen LogP contribution in [-0.4, -0.2) is 30.1 Å². The predicted octanol–water partition coefficient (Wildman–Crippen LogP) is 4.10. The summed E-state index contributed by atoms with van der Waals surface area (Å²) in [5, 5.41) is 0. The topological polar surface area (TPSA) is 3.24 Å². The van der Waals surface area contributed by atoms with Gasteiger partial charge < -0.3 is 0 Å². The van der Waals surface area contributed by atoms with E-state index in [1.807, 2.05) is 6.92 Å². The summed E-state index contributed by atoms with van der Waals surface area (Å²) < 4.78 is 0. The van der Waals surface area contributed by atoms with Crippen LogP contribution in [0.2, 0.25) is 0 Å². The molecule has 0 aromatic rings. The zero-order chi connectivity index (χ0) is 14.2. The SMILES string of the molecule is [B]=C(C)N(C/C(C)=C/CC/C=C\CC)C(C)(C)C. The van der Waals surface area contributed by atoms with Crippen LogP contribution in [0.25, 0.3) is 0 Å². The van der Waals surface area contributed by atoms with Gasteiger partial charge in [0.05, 0.1) is 0 Å². The molecule has 0 aliphatic rings. The zero-order valence-corrected chi connectivity index (χ0v) is 13.1. The molecule has 0 aromatic carbocycles. The Balaban J connectivity index is 4.34. The van der Waals surface area contributed by atoms with Gasteiger partial charge in [0.15, 0.2) is 0 Å². The Bertz CT molecular complexity index is 308. The molecule has 1 nitrogen and oxygen atoms in total. The van der Waals surface area contributed by atoms with Gasteiger partial charge in [-0.3, -0.25) is 0 Å². The fraction of sp³-hybridized carbons (Fsp3) is 0.688. The van der Waals surface area contributed by atoms with Gasteiger partial charge in [0.1, 0.15) is 0 Å². The van der Waals surface area contributed by atoms with E-state index in [1.165, 1.54) is 5.57 Å². The normalized spacial score (nSPS) is 13.1. The van der Waals surface area contributed by atoms with E-state index in [-0.39, 0.29) is 5.54 Å². The van der Waals surface area contributed by atoms with Crippen LogP contribution in [0.1, 0.15) is 60.8 Å². The first-order valence-electron chi connectivity index (χ1n) is 6.96. The van der Waals surface area contributed by atoms with Crippen molar-refractivity contribution >= 4 is 13.1 Å². The number of unbranched alkanes of at least 4 members (excludes halogenated alkanes) is 1. The van der Waals surface area contributed by atoms with Crippen molar-refractivity contribution in [3.8, 4) is 0 Å². The second kappa shape index (κ2) is 8.34. The van der Waals surface area contributed by atoms with Gasteiger partial charge in [-0.25, -0.2) is 0 Å². The first-order chi connectivity index (χ1) is 8.29. The van der Waals surface area contributed by atoms with E-state index in [0.717, 1.165) is 31.4 Å². The van der Waals surface area contributed by atoms with Gasteiger partial charge >= 0.3 is 115 Å². The fourth-order valence-electron chi connectivity index (χ4n) is 1.92. The van der Waals surface area contributed by atoms with Gasteiger partial charge in [0, 0.05) is 0 Å². The summed E-state index contributed by atoms with van der Waals surface area (Å²) >= 11 is 0. The van der Waals surface area contributed by atoms with E-state index in [1.54, 1.807) is 0 Å². The van der Waals surface area contributed by atoms with E-state index < -0.39 is 0 Å². The summed E-state index contributed by atoms with van der Waals surface area (Å²) in [5.74, 6) is 0. The molecular weight excluding hydrogens is 217 g/mol. The van der Waals surface area contributed by atoms with Crippen LogP contribution < -0.4 is 0 Å². The van der Waals surface area contributed by atoms with E-state index in [4.69, 9.17) is 7.49 Å². The molecule has 0 bridgehead atoms. The van der Waals surface area contributed by atoms with E-state index >= 15 is 0 Å². The Morgan fingerprint density at radius 3 is 2.17 bits per heavy atom. The molecule has 0 unspecified atom stereocenters. The molecular formula is C16H29BN. The van der Waals surface area contributed by atoms with Crippen LogP contribution in [0, 0.1) is 0 Å². The molecule has 0 aromatic heterocycles. The molecule has 0 N–H and O–H groups in total. The minimum atomic E-state index is 0.0794. The van der Waals surface area contributed by atoms with Crippen molar-refractivity contribution in [1.29, 1.82) is 0 Å². The Morgan fingerprint density at radius 2 is 1.72 bits per heavy atom. The van der Waals surface area contributed by atoms with Gasteiger partial charge in [-0.2, -0.15) is 0 Å². The summed E-state index contributed by atoms with van der Waals surface area (Å²) in [4.78, 5) is 2.25. The number of hydrogen-bond donors (Lipinski definition) is 0. The van der Waals surface area contributed by atoms with Crippen molar-refractivity contribution in [3.05, 3.63) is 23.8 Å². The van der Waals surface area contributed by atoms with E-state index in [0.29, 0.717) is 0 Å². The van der Waals surface area contributed by atoms with Gasteiger partial charge in [-0.1, -0.05) is 0 Å². The summed E-state index contributed by atoms with van der Waals surface area (Å²) in [6.07, 6.45) is 10.2. The molecule has 18 heavy (non-hydrogen) atoms. The molecule has 101 valence electrons. The molecule has 0 aliphatic heterocycles. The Hall–Kier alpha value is -0.785. The fourth-order valence-corrected chi connectivity index (χ4v) is 1.92. The average molecular weight is 246 g/mol. The third kappa shape index (κ3) is 7.52. The molecule has 0 aliphatic carbocycles. The number of hydrogen-bond acceptors (Lipinski definition) is 1. The van der Waals surface area contributed by atoms with Gasteiger partial charge in [0.2, 0.25) is 0 Å². The Labute approximate surface area is 115 Å². The standard InChI is InChI=1S/C16H29BN/c1-7-8-9-10-11-12-14(2)13-18(15(3)17)16(4,5)6/h8-9,12H,7,10-11,13H2,1-6H3/b9-8-,14-12+. The maximum absolute atomic E-state index is 5.97. The molecule has 0 saturated carbocycles. The molecule has 0 saturated heterocycles. The third-order valence-electron chi connectivity index (χ3n) is 2.87. The van der Waals surface area contributed by atoms with E-state index in [2.05, 4.69) is 57.7 Å². The second-order valence-electron chi connectivity index (χ2n) is 5.91. The molecule has 0 rings (SSSR count). The third-order valence-corrected chi connectivity index (χ3v) is 2.87. The Morgan fingerprint density at radius 1 is 1.11 bits per heavy atom. The predicted molar refractivity (Wildman–Crippen MR) is 85.3 cm³/mol. The van der Waals surface area contributed by atoms with Crippen molar-refractivity contribution in [2.24, 2.45) is 0 Å². The zero-order valence-electron chi connectivity index (χ0n) is 13.1. The summed E-state index contributed by atoms with van der Waals surface area (Å²) in [5.41, 5.74) is 2.36. The summed E-state index contributed by atoms with van der Waals surface area (Å²) in [6.45, 7) is 13.8. The molecule has 0 spiro atoms. The first kappa shape index (κ1) is 17.2. The minimum absolute atomic E-state index is 0.0794. The average Bonchev–Trinajstić information content (AvgIpc) is 2.23. The van der Waals surface area contributed by atoms with Crippen LogP contribution in [0.3, 0.4) is 0 Å². The number of nitrogens with zero attached hydrogens (tertiary/aromatic N) is 1. The summed E-state index contributed by atoms with van der Waals surface area (Å²) in [7, 11) is 5.97. The van der Waals surface area contributed by atoms with E-state index in [9.17, 15) is 0 Å². The van der Waals surface area contributed by atoms with Crippen molar-refractivity contribution in [2.45, 2.75) is 66.3 Å². The molecule has 0 atom stereocenters. The van der Waals surface area contributed by atoms with Crippen LogP contribution in [0.15, 0.2) is 23.8 Å². The molecule has 0 amide bonds. The van der Waals surface area contributed by atoms with Crippen molar-refractivity contribution in [3.63, 3.8) is 0 Å². The van der Waals surface area contributed by atoms with Gasteiger partial charge in [-0.15, -0.1) is 0 Å². The van der Waals surface area contributed by atoms with Crippen LogP contribution >= 0.6 is 0 Å². The quantitative estimate of drug-likeness (QED) is 0.371. The van der Waals surface area contributed by atoms with Crippen molar-refractivity contribution in [2.75, 3.05) is 6.54 Å². The number of allylic oxidation sites excluding steroid dienone is 3. The van der Waals surface area contributed by atoms with Crippen molar-refractivity contribution < 1.29 is 0 Å². The van der Waals surface area contributed by atoms with Gasteiger partial charge in [0.25, 0.3) is 0 Å². The number of rotatable bonds is 7. The van der Waals surface area contributed by atoms with Crippen molar-refractivity contribution in [1.82, 2.24) is 4.90 Å². The van der Waals surface area contributed by atoms with Crippen LogP contribution in [0.5, 0.6) is 0 Å². The molecule has 0 fully saturated rings. The van der Waals surface area contributed by atoms with Crippen LogP contribution in [-0.2, 0) is 0 Å². The maximum atomic E-state index is 5.97. The van der Waals surface area contributed by atoms with Crippen LogP contribution in [0.4, 0.5) is 0 Å². The van der Waals surface area contributed by atoms with Gasteiger partial charge in [-0.05, 0) is 0 Å². The monoisotopic (exact) mass is 246 g/mol. The molecule has 0 heterocycles.